The summed E-state index contributed by atoms with van der Waals surface area (Å²) in [5.41, 5.74) is 8.45. The van der Waals surface area contributed by atoms with Crippen LogP contribution in [0.4, 0.5) is 5.82 Å². The molecule has 2 unspecified atom stereocenters. The number of aliphatic hydroxyl groups excluding tert-OH is 1. The highest BCUT2D eigenvalue weighted by molar-refractivity contribution is 8.77. The van der Waals surface area contributed by atoms with Gasteiger partial charge in [-0.1, -0.05) is 21.6 Å². The molecular weight excluding hydrogens is 358 g/mol. The van der Waals surface area contributed by atoms with Crippen LogP contribution >= 0.6 is 21.6 Å². The molecule has 7 nitrogen and oxygen atoms in total. The molecule has 4 rings (SSSR count). The van der Waals surface area contributed by atoms with Crippen molar-refractivity contribution in [2.24, 2.45) is 0 Å². The predicted molar refractivity (Wildman–Crippen MR) is 102 cm³/mol. The van der Waals surface area contributed by atoms with E-state index in [1.165, 1.54) is 6.33 Å². The molecule has 0 aliphatic carbocycles. The van der Waals surface area contributed by atoms with Crippen LogP contribution in [0.3, 0.4) is 0 Å². The van der Waals surface area contributed by atoms with E-state index in [1.54, 1.807) is 28.7 Å². The molecule has 1 aliphatic heterocycles. The van der Waals surface area contributed by atoms with Gasteiger partial charge in [-0.15, -0.1) is 0 Å². The second kappa shape index (κ2) is 6.74. The molecule has 0 saturated carbocycles. The molecule has 2 atom stereocenters. The third-order valence-electron chi connectivity index (χ3n) is 4.13. The van der Waals surface area contributed by atoms with E-state index in [-0.39, 0.29) is 11.4 Å². The smallest absolute Gasteiger partial charge is 0.164 e. The lowest BCUT2D eigenvalue weighted by molar-refractivity contribution is 0.191. The molecular formula is C16H17N5O2S2. The number of aromatic nitrogens is 4. The van der Waals surface area contributed by atoms with Crippen molar-refractivity contribution in [2.75, 3.05) is 18.6 Å². The highest BCUT2D eigenvalue weighted by atomic mass is 33.1. The largest absolute Gasteiger partial charge is 0.497 e. The molecule has 3 N–H and O–H groups in total. The molecule has 1 aliphatic rings. The minimum Gasteiger partial charge on any atom is -0.497 e. The first kappa shape index (κ1) is 16.5. The van der Waals surface area contributed by atoms with Crippen molar-refractivity contribution in [2.45, 2.75) is 17.9 Å². The van der Waals surface area contributed by atoms with Crippen molar-refractivity contribution in [3.63, 3.8) is 0 Å². The third kappa shape index (κ3) is 3.03. The van der Waals surface area contributed by atoms with Crippen LogP contribution in [0.15, 0.2) is 30.6 Å². The molecule has 1 fully saturated rings. The average Bonchev–Trinajstić information content (AvgIpc) is 3.20. The van der Waals surface area contributed by atoms with E-state index in [0.29, 0.717) is 18.0 Å². The maximum Gasteiger partial charge on any atom is 0.164 e. The first-order valence-electron chi connectivity index (χ1n) is 7.75. The van der Waals surface area contributed by atoms with Gasteiger partial charge in [-0.3, -0.25) is 0 Å². The highest BCUT2D eigenvalue weighted by Gasteiger charge is 2.29. The Labute approximate surface area is 152 Å². The minimum atomic E-state index is -0.349. The fourth-order valence-electron chi connectivity index (χ4n) is 2.80. The first-order chi connectivity index (χ1) is 12.2. The van der Waals surface area contributed by atoms with Crippen LogP contribution in [0.25, 0.3) is 22.3 Å². The van der Waals surface area contributed by atoms with Gasteiger partial charge in [0.15, 0.2) is 5.65 Å². The standard InChI is InChI=1S/C16H17N5O2S2/c1-23-10-4-2-9(3-5-10)14-13-15(17)18-8-19-16(13)21(20-14)6-12-11(22)7-24-25-12/h2-5,8,11-12,22H,6-7H2,1H3,(H2,17,18,19). The van der Waals surface area contributed by atoms with Gasteiger partial charge in [0.25, 0.3) is 0 Å². The Bertz CT molecular complexity index is 899. The quantitative estimate of drug-likeness (QED) is 0.670. The van der Waals surface area contributed by atoms with Crippen LogP contribution in [-0.2, 0) is 6.54 Å². The van der Waals surface area contributed by atoms with Crippen LogP contribution in [0.2, 0.25) is 0 Å². The summed E-state index contributed by atoms with van der Waals surface area (Å²) in [6.07, 6.45) is 1.10. The lowest BCUT2D eigenvalue weighted by atomic mass is 10.1. The van der Waals surface area contributed by atoms with E-state index in [1.807, 2.05) is 28.9 Å². The zero-order chi connectivity index (χ0) is 17.4. The average molecular weight is 375 g/mol. The normalized spacial score (nSPS) is 20.2. The number of hydrogen-bond donors (Lipinski definition) is 2. The summed E-state index contributed by atoms with van der Waals surface area (Å²) in [6.45, 7) is 0.571. The maximum absolute atomic E-state index is 10.1. The third-order valence-corrected chi connectivity index (χ3v) is 7.02. The highest BCUT2D eigenvalue weighted by Crippen LogP contribution is 2.39. The van der Waals surface area contributed by atoms with Crippen LogP contribution in [0, 0.1) is 0 Å². The molecule has 3 aromatic rings. The molecule has 0 spiro atoms. The number of ether oxygens (including phenoxy) is 1. The Hall–Kier alpha value is -1.97. The molecule has 130 valence electrons. The lowest BCUT2D eigenvalue weighted by Crippen LogP contribution is -2.25. The van der Waals surface area contributed by atoms with Crippen LogP contribution in [0.5, 0.6) is 5.75 Å². The summed E-state index contributed by atoms with van der Waals surface area (Å²) >= 11 is 0. The van der Waals surface area contributed by atoms with Crippen molar-refractivity contribution < 1.29 is 9.84 Å². The molecule has 3 heterocycles. The van der Waals surface area contributed by atoms with Gasteiger partial charge in [-0.2, -0.15) is 5.10 Å². The fraction of sp³-hybridized carbons (Fsp3) is 0.312. The zero-order valence-corrected chi connectivity index (χ0v) is 15.1. The van der Waals surface area contributed by atoms with Gasteiger partial charge < -0.3 is 15.6 Å². The number of hydrogen-bond acceptors (Lipinski definition) is 8. The minimum absolute atomic E-state index is 0.0769. The Morgan fingerprint density at radius 3 is 2.80 bits per heavy atom. The number of fused-ring (bicyclic) bond motifs is 1. The summed E-state index contributed by atoms with van der Waals surface area (Å²) in [5.74, 6) is 1.91. The summed E-state index contributed by atoms with van der Waals surface area (Å²) < 4.78 is 7.03. The molecule has 0 bridgehead atoms. The molecule has 2 aromatic heterocycles. The Morgan fingerprint density at radius 2 is 2.12 bits per heavy atom. The number of nitrogens with zero attached hydrogens (tertiary/aromatic N) is 4. The van der Waals surface area contributed by atoms with Crippen molar-refractivity contribution >= 4 is 38.4 Å². The Morgan fingerprint density at radius 1 is 1.32 bits per heavy atom. The summed E-state index contributed by atoms with van der Waals surface area (Å²) in [7, 11) is 4.99. The number of aliphatic hydroxyl groups is 1. The van der Waals surface area contributed by atoms with Gasteiger partial charge >= 0.3 is 0 Å². The fourth-order valence-corrected chi connectivity index (χ4v) is 5.72. The number of methoxy groups -OCH3 is 1. The van der Waals surface area contributed by atoms with Crippen molar-refractivity contribution in [1.82, 2.24) is 19.7 Å². The van der Waals surface area contributed by atoms with E-state index < -0.39 is 0 Å². The molecule has 1 aromatic carbocycles. The van der Waals surface area contributed by atoms with Gasteiger partial charge in [-0.25, -0.2) is 14.6 Å². The number of benzene rings is 1. The van der Waals surface area contributed by atoms with Gasteiger partial charge in [0.1, 0.15) is 23.6 Å². The van der Waals surface area contributed by atoms with E-state index in [2.05, 4.69) is 9.97 Å². The monoisotopic (exact) mass is 375 g/mol. The van der Waals surface area contributed by atoms with E-state index in [9.17, 15) is 5.11 Å². The number of anilines is 1. The summed E-state index contributed by atoms with van der Waals surface area (Å²) in [5, 5.41) is 15.6. The maximum atomic E-state index is 10.1. The van der Waals surface area contributed by atoms with Gasteiger partial charge in [-0.05, 0) is 24.3 Å². The van der Waals surface area contributed by atoms with E-state index in [4.69, 9.17) is 15.6 Å². The number of nitrogens with two attached hydrogens (primary N) is 1. The molecule has 0 radical (unpaired) electrons. The second-order valence-electron chi connectivity index (χ2n) is 5.70. The molecule has 25 heavy (non-hydrogen) atoms. The molecule has 0 amide bonds. The topological polar surface area (TPSA) is 99.1 Å². The SMILES string of the molecule is COc1ccc(-c2nn(CC3SSCC3O)c3ncnc(N)c23)cc1. The van der Waals surface area contributed by atoms with E-state index >= 15 is 0 Å². The predicted octanol–water partition coefficient (Wildman–Crippen LogP) is 2.21. The summed E-state index contributed by atoms with van der Waals surface area (Å²) in [4.78, 5) is 8.49. The Balaban J connectivity index is 1.80. The van der Waals surface area contributed by atoms with Gasteiger partial charge in [0, 0.05) is 11.3 Å². The second-order valence-corrected chi connectivity index (χ2v) is 8.35. The van der Waals surface area contributed by atoms with Crippen molar-refractivity contribution in [3.8, 4) is 17.0 Å². The Kier molecular flexibility index (Phi) is 4.45. The van der Waals surface area contributed by atoms with E-state index in [0.717, 1.165) is 28.1 Å². The first-order valence-corrected chi connectivity index (χ1v) is 10.1. The van der Waals surface area contributed by atoms with Crippen molar-refractivity contribution in [3.05, 3.63) is 30.6 Å². The summed E-state index contributed by atoms with van der Waals surface area (Å²) in [6, 6.07) is 7.64. The number of rotatable bonds is 4. The van der Waals surface area contributed by atoms with Gasteiger partial charge in [0.05, 0.1) is 30.4 Å². The van der Waals surface area contributed by atoms with Crippen LogP contribution in [0.1, 0.15) is 0 Å². The molecule has 1 saturated heterocycles. The van der Waals surface area contributed by atoms with Crippen LogP contribution < -0.4 is 10.5 Å². The number of nitrogen functional groups attached to an aromatic ring is 1. The van der Waals surface area contributed by atoms with Crippen molar-refractivity contribution in [1.29, 1.82) is 0 Å². The lowest BCUT2D eigenvalue weighted by Gasteiger charge is -2.12. The van der Waals surface area contributed by atoms with Gasteiger partial charge in [0.2, 0.25) is 0 Å². The zero-order valence-electron chi connectivity index (χ0n) is 13.5. The molecule has 9 heteroatoms. The van der Waals surface area contributed by atoms with Crippen LogP contribution in [-0.4, -0.2) is 49.1 Å².